The third-order valence-electron chi connectivity index (χ3n) is 3.55. The Kier molecular flexibility index (Phi) is 3.38. The van der Waals surface area contributed by atoms with Crippen molar-refractivity contribution < 1.29 is 21.2 Å². The molecule has 0 aliphatic heterocycles. The molecule has 4 heteroatoms. The summed E-state index contributed by atoms with van der Waals surface area (Å²) in [5.74, 6) is 0. The molecule has 0 saturated carbocycles. The number of rotatable bonds is 2. The molecule has 0 bridgehead atoms. The number of nitrogen functional groups attached to an aromatic ring is 1. The summed E-state index contributed by atoms with van der Waals surface area (Å²) in [7, 11) is 0. The Bertz CT molecular complexity index is 982. The number of benzene rings is 2. The van der Waals surface area contributed by atoms with Crippen molar-refractivity contribution in [2.75, 3.05) is 5.73 Å². The molecule has 0 atom stereocenters. The number of nitrogens with zero attached hydrogens (tertiary/aromatic N) is 2. The van der Waals surface area contributed by atoms with Crippen LogP contribution in [-0.4, -0.2) is 9.97 Å². The number of hydrogen-bond donors (Lipinski definition) is 1. The van der Waals surface area contributed by atoms with Crippen molar-refractivity contribution in [3.05, 3.63) is 74.3 Å². The van der Waals surface area contributed by atoms with E-state index >= 15 is 0 Å². The molecule has 0 amide bonds. The van der Waals surface area contributed by atoms with Gasteiger partial charge in [-0.25, -0.2) is 0 Å². The molecular formula is C18H13IN3-. The van der Waals surface area contributed by atoms with Gasteiger partial charge in [-0.1, -0.05) is 0 Å². The molecule has 0 fully saturated rings. The predicted molar refractivity (Wildman–Crippen MR) is 85.3 cm³/mol. The first-order valence-electron chi connectivity index (χ1n) is 6.92. The summed E-state index contributed by atoms with van der Waals surface area (Å²) in [6.07, 6.45) is 5.71. The summed E-state index contributed by atoms with van der Waals surface area (Å²) >= 11 is -0.272. The maximum atomic E-state index is 6.06. The van der Waals surface area contributed by atoms with Gasteiger partial charge in [-0.3, -0.25) is 0 Å². The topological polar surface area (TPSA) is 51.8 Å². The third-order valence-corrected chi connectivity index (χ3v) is 6.05. The fourth-order valence-corrected chi connectivity index (χ4v) is 4.75. The first kappa shape index (κ1) is 13.5. The van der Waals surface area contributed by atoms with Crippen LogP contribution in [0.4, 0.5) is 5.69 Å². The van der Waals surface area contributed by atoms with Crippen LogP contribution >= 0.6 is 0 Å². The number of halogens is 1. The van der Waals surface area contributed by atoms with E-state index in [1.54, 1.807) is 0 Å². The molecule has 0 saturated heterocycles. The molecule has 0 aliphatic rings. The van der Waals surface area contributed by atoms with Gasteiger partial charge in [0, 0.05) is 0 Å². The molecule has 2 aromatic heterocycles. The van der Waals surface area contributed by atoms with E-state index in [0.717, 1.165) is 16.6 Å². The quantitative estimate of drug-likeness (QED) is 0.395. The van der Waals surface area contributed by atoms with Gasteiger partial charge in [-0.2, -0.15) is 0 Å². The molecular weight excluding hydrogens is 385 g/mol. The van der Waals surface area contributed by atoms with Crippen LogP contribution in [0.5, 0.6) is 0 Å². The molecule has 0 unspecified atom stereocenters. The fourth-order valence-electron chi connectivity index (χ4n) is 2.44. The van der Waals surface area contributed by atoms with E-state index in [1.807, 2.05) is 36.8 Å². The standard InChI is InChI=1S/C18H13IN3/c20-17-2-1-3-18-16(17)9-15(11-22-18)19-14-5-4-13-10-21-7-6-12(13)8-14/h1-11H,20H2/q-1. The van der Waals surface area contributed by atoms with Gasteiger partial charge in [-0.15, -0.1) is 0 Å². The van der Waals surface area contributed by atoms with Crippen LogP contribution in [0.3, 0.4) is 0 Å². The van der Waals surface area contributed by atoms with Crippen molar-refractivity contribution in [2.24, 2.45) is 0 Å². The molecule has 22 heavy (non-hydrogen) atoms. The van der Waals surface area contributed by atoms with Crippen molar-refractivity contribution in [2.45, 2.75) is 0 Å². The van der Waals surface area contributed by atoms with Crippen LogP contribution in [-0.2, 0) is 0 Å². The number of nitrogens with two attached hydrogens (primary N) is 1. The molecule has 108 valence electrons. The number of fused-ring (bicyclic) bond motifs is 2. The molecule has 2 aromatic carbocycles. The van der Waals surface area contributed by atoms with E-state index in [9.17, 15) is 0 Å². The molecule has 3 nitrogen and oxygen atoms in total. The average molecular weight is 398 g/mol. The van der Waals surface area contributed by atoms with Gasteiger partial charge < -0.3 is 0 Å². The number of pyridine rings is 2. The molecule has 4 aromatic rings. The van der Waals surface area contributed by atoms with Gasteiger partial charge in [0.1, 0.15) is 0 Å². The Morgan fingerprint density at radius 3 is 2.77 bits per heavy atom. The Balaban J connectivity index is 1.73. The minimum absolute atomic E-state index is 0.272. The SMILES string of the molecule is Nc1cccc2ncc([I-]c3ccc4cnccc4c3)cc12. The van der Waals surface area contributed by atoms with Gasteiger partial charge in [0.15, 0.2) is 0 Å². The van der Waals surface area contributed by atoms with E-state index in [0.29, 0.717) is 0 Å². The molecule has 0 aliphatic carbocycles. The fraction of sp³-hybridized carbons (Fsp3) is 0. The van der Waals surface area contributed by atoms with Crippen LogP contribution in [0.1, 0.15) is 0 Å². The number of aromatic nitrogens is 2. The Labute approximate surface area is 138 Å². The molecule has 2 N–H and O–H groups in total. The summed E-state index contributed by atoms with van der Waals surface area (Å²) in [4.78, 5) is 8.69. The van der Waals surface area contributed by atoms with Crippen LogP contribution < -0.4 is 26.9 Å². The Hall–Kier alpha value is -2.21. The Morgan fingerprint density at radius 2 is 1.82 bits per heavy atom. The second kappa shape index (κ2) is 5.53. The average Bonchev–Trinajstić information content (AvgIpc) is 2.56. The van der Waals surface area contributed by atoms with Gasteiger partial charge in [0.05, 0.1) is 0 Å². The normalized spacial score (nSPS) is 11.3. The molecule has 4 rings (SSSR count). The van der Waals surface area contributed by atoms with E-state index in [-0.39, 0.29) is 21.2 Å². The van der Waals surface area contributed by atoms with Crippen molar-refractivity contribution in [1.82, 2.24) is 9.97 Å². The van der Waals surface area contributed by atoms with Crippen molar-refractivity contribution in [1.29, 1.82) is 0 Å². The van der Waals surface area contributed by atoms with E-state index < -0.39 is 0 Å². The van der Waals surface area contributed by atoms with Gasteiger partial charge >= 0.3 is 139 Å². The summed E-state index contributed by atoms with van der Waals surface area (Å²) in [5.41, 5.74) is 7.81. The van der Waals surface area contributed by atoms with Crippen molar-refractivity contribution in [3.8, 4) is 0 Å². The Morgan fingerprint density at radius 1 is 0.864 bits per heavy atom. The van der Waals surface area contributed by atoms with E-state index in [1.165, 1.54) is 17.9 Å². The van der Waals surface area contributed by atoms with Crippen LogP contribution in [0.2, 0.25) is 0 Å². The zero-order valence-electron chi connectivity index (χ0n) is 11.7. The number of hydrogen-bond acceptors (Lipinski definition) is 3. The van der Waals surface area contributed by atoms with Gasteiger partial charge in [0.2, 0.25) is 0 Å². The van der Waals surface area contributed by atoms with Crippen LogP contribution in [0.25, 0.3) is 21.7 Å². The molecule has 0 spiro atoms. The van der Waals surface area contributed by atoms with Crippen LogP contribution in [0.15, 0.2) is 67.1 Å². The van der Waals surface area contributed by atoms with Gasteiger partial charge in [-0.05, 0) is 0 Å². The second-order valence-corrected chi connectivity index (χ2v) is 8.06. The summed E-state index contributed by atoms with van der Waals surface area (Å²) in [6, 6.07) is 16.7. The third kappa shape index (κ3) is 2.50. The predicted octanol–water partition coefficient (Wildman–Crippen LogP) is 0.494. The van der Waals surface area contributed by atoms with E-state index in [4.69, 9.17) is 5.73 Å². The zero-order valence-corrected chi connectivity index (χ0v) is 13.9. The summed E-state index contributed by atoms with van der Waals surface area (Å²) < 4.78 is 2.64. The monoisotopic (exact) mass is 398 g/mol. The molecule has 0 radical (unpaired) electrons. The maximum absolute atomic E-state index is 6.06. The van der Waals surface area contributed by atoms with Crippen molar-refractivity contribution >= 4 is 27.4 Å². The minimum atomic E-state index is -0.272. The number of anilines is 1. The zero-order chi connectivity index (χ0) is 14.9. The second-order valence-electron chi connectivity index (χ2n) is 5.03. The van der Waals surface area contributed by atoms with Crippen molar-refractivity contribution in [3.63, 3.8) is 0 Å². The van der Waals surface area contributed by atoms with Gasteiger partial charge in [0.25, 0.3) is 0 Å². The molecule has 2 heterocycles. The first-order chi connectivity index (χ1) is 10.8. The van der Waals surface area contributed by atoms with E-state index in [2.05, 4.69) is 40.3 Å². The first-order valence-corrected chi connectivity index (χ1v) is 9.08. The summed E-state index contributed by atoms with van der Waals surface area (Å²) in [5, 5.41) is 3.46. The summed E-state index contributed by atoms with van der Waals surface area (Å²) in [6.45, 7) is 0. The van der Waals surface area contributed by atoms with Crippen LogP contribution in [0, 0.1) is 7.14 Å².